The van der Waals surface area contributed by atoms with E-state index in [4.69, 9.17) is 14.7 Å². The van der Waals surface area contributed by atoms with Crippen LogP contribution in [0.5, 0.6) is 11.5 Å². The highest BCUT2D eigenvalue weighted by atomic mass is 16.6. The maximum Gasteiger partial charge on any atom is 0.280 e. The van der Waals surface area contributed by atoms with Crippen LogP contribution >= 0.6 is 0 Å². The van der Waals surface area contributed by atoms with Crippen LogP contribution < -0.4 is 9.47 Å². The molecule has 0 heterocycles. The number of allylic oxidation sites excluding steroid dienone is 1. The maximum absolute atomic E-state index is 11.3. The van der Waals surface area contributed by atoms with Gasteiger partial charge < -0.3 is 9.47 Å². The monoisotopic (exact) mass is 335 g/mol. The van der Waals surface area contributed by atoms with Crippen molar-refractivity contribution in [1.29, 1.82) is 10.5 Å². The molecule has 0 unspecified atom stereocenters. The second-order valence-corrected chi connectivity index (χ2v) is 4.88. The van der Waals surface area contributed by atoms with Crippen molar-refractivity contribution >= 4 is 17.3 Å². The first-order valence-corrected chi connectivity index (χ1v) is 7.06. The smallest absolute Gasteiger partial charge is 0.280 e. The van der Waals surface area contributed by atoms with Crippen LogP contribution in [0.3, 0.4) is 0 Å². The summed E-state index contributed by atoms with van der Waals surface area (Å²) in [4.78, 5) is 10.8. The third-order valence-corrected chi connectivity index (χ3v) is 3.47. The van der Waals surface area contributed by atoms with Gasteiger partial charge in [-0.15, -0.1) is 0 Å². The minimum atomic E-state index is -0.554. The first kappa shape index (κ1) is 17.5. The summed E-state index contributed by atoms with van der Waals surface area (Å²) < 4.78 is 10.2. The molecule has 0 fully saturated rings. The number of nitrogens with zero attached hydrogens (tertiary/aromatic N) is 3. The van der Waals surface area contributed by atoms with E-state index in [1.165, 1.54) is 32.4 Å². The van der Waals surface area contributed by atoms with Crippen molar-refractivity contribution in [3.8, 4) is 23.6 Å². The van der Waals surface area contributed by atoms with Gasteiger partial charge in [-0.3, -0.25) is 10.1 Å². The van der Waals surface area contributed by atoms with Crippen molar-refractivity contribution < 1.29 is 14.4 Å². The highest BCUT2D eigenvalue weighted by Crippen LogP contribution is 2.36. The lowest BCUT2D eigenvalue weighted by Crippen LogP contribution is -1.97. The lowest BCUT2D eigenvalue weighted by atomic mass is 10.0. The highest BCUT2D eigenvalue weighted by molar-refractivity contribution is 5.91. The molecule has 0 aromatic heterocycles. The van der Waals surface area contributed by atoms with Crippen molar-refractivity contribution in [3.63, 3.8) is 0 Å². The number of methoxy groups -OCH3 is 2. The number of nitro benzene ring substituents is 1. The Hall–Kier alpha value is -3.84. The number of nitro groups is 1. The van der Waals surface area contributed by atoms with E-state index in [1.54, 1.807) is 24.3 Å². The van der Waals surface area contributed by atoms with Crippen LogP contribution in [0, 0.1) is 32.8 Å². The Balaban J connectivity index is 2.61. The van der Waals surface area contributed by atoms with E-state index in [9.17, 15) is 15.4 Å². The average molecular weight is 335 g/mol. The summed E-state index contributed by atoms with van der Waals surface area (Å²) in [5.74, 6) is 0.541. The Labute approximate surface area is 144 Å². The molecule has 2 aromatic rings. The molecule has 2 aromatic carbocycles. The molecule has 0 aliphatic rings. The van der Waals surface area contributed by atoms with E-state index in [-0.39, 0.29) is 22.6 Å². The van der Waals surface area contributed by atoms with Crippen LogP contribution in [-0.4, -0.2) is 19.1 Å². The quantitative estimate of drug-likeness (QED) is 0.358. The van der Waals surface area contributed by atoms with Gasteiger partial charge in [0.1, 0.15) is 0 Å². The molecule has 0 bridgehead atoms. The van der Waals surface area contributed by atoms with E-state index in [0.717, 1.165) is 0 Å². The largest absolute Gasteiger partial charge is 0.493 e. The SMILES string of the molecule is COc1cc(C=C(C#N)c2ccc(C#N)cc2)c([N+](=O)[O-])cc1OC. The maximum atomic E-state index is 11.3. The summed E-state index contributed by atoms with van der Waals surface area (Å²) in [7, 11) is 2.80. The highest BCUT2D eigenvalue weighted by Gasteiger charge is 2.19. The fourth-order valence-electron chi connectivity index (χ4n) is 2.22. The Kier molecular flexibility index (Phi) is 5.34. The fourth-order valence-corrected chi connectivity index (χ4v) is 2.22. The van der Waals surface area contributed by atoms with E-state index >= 15 is 0 Å². The summed E-state index contributed by atoms with van der Waals surface area (Å²) in [6.45, 7) is 0. The molecule has 0 radical (unpaired) electrons. The second kappa shape index (κ2) is 7.62. The molecule has 0 aliphatic heterocycles. The molecular formula is C18H13N3O4. The van der Waals surface area contributed by atoms with Gasteiger partial charge in [0.15, 0.2) is 11.5 Å². The normalized spacial score (nSPS) is 10.5. The van der Waals surface area contributed by atoms with Gasteiger partial charge in [-0.2, -0.15) is 10.5 Å². The number of benzene rings is 2. The third-order valence-electron chi connectivity index (χ3n) is 3.47. The van der Waals surface area contributed by atoms with Crippen molar-refractivity contribution in [2.75, 3.05) is 14.2 Å². The van der Waals surface area contributed by atoms with Gasteiger partial charge >= 0.3 is 0 Å². The Morgan fingerprint density at radius 3 is 2.20 bits per heavy atom. The lowest BCUT2D eigenvalue weighted by molar-refractivity contribution is -0.385. The van der Waals surface area contributed by atoms with Crippen LogP contribution in [-0.2, 0) is 0 Å². The Morgan fingerprint density at radius 2 is 1.72 bits per heavy atom. The molecule has 25 heavy (non-hydrogen) atoms. The van der Waals surface area contributed by atoms with Gasteiger partial charge in [-0.05, 0) is 29.8 Å². The molecule has 0 spiro atoms. The standard InChI is InChI=1S/C18H13N3O4/c1-24-17-8-14(16(21(22)23)9-18(17)25-2)7-15(11-20)13-5-3-12(10-19)4-6-13/h3-9H,1-2H3. The van der Waals surface area contributed by atoms with Crippen molar-refractivity contribution in [1.82, 2.24) is 0 Å². The van der Waals surface area contributed by atoms with Crippen LogP contribution in [0.2, 0.25) is 0 Å². The molecule has 0 aliphatic carbocycles. The zero-order valence-corrected chi connectivity index (χ0v) is 13.5. The van der Waals surface area contributed by atoms with Crippen molar-refractivity contribution in [2.24, 2.45) is 0 Å². The van der Waals surface area contributed by atoms with Gasteiger partial charge in [0.25, 0.3) is 5.69 Å². The molecular weight excluding hydrogens is 322 g/mol. The predicted octanol–water partition coefficient (Wildman–Crippen LogP) is 3.55. The van der Waals surface area contributed by atoms with Gasteiger partial charge in [0, 0.05) is 0 Å². The van der Waals surface area contributed by atoms with Crippen LogP contribution in [0.25, 0.3) is 11.6 Å². The third kappa shape index (κ3) is 3.74. The molecule has 0 N–H and O–H groups in total. The molecule has 7 heteroatoms. The summed E-state index contributed by atoms with van der Waals surface area (Å²) in [6.07, 6.45) is 1.40. The van der Waals surface area contributed by atoms with Gasteiger partial charge in [-0.1, -0.05) is 12.1 Å². The Morgan fingerprint density at radius 1 is 1.12 bits per heavy atom. The van der Waals surface area contributed by atoms with E-state index in [1.807, 2.05) is 12.1 Å². The van der Waals surface area contributed by atoms with E-state index < -0.39 is 4.92 Å². The number of nitriles is 2. The van der Waals surface area contributed by atoms with Crippen LogP contribution in [0.4, 0.5) is 5.69 Å². The molecule has 2 rings (SSSR count). The summed E-state index contributed by atoms with van der Waals surface area (Å²) in [6, 6.07) is 13.1. The van der Waals surface area contributed by atoms with Gasteiger partial charge in [0.05, 0.1) is 54.0 Å². The summed E-state index contributed by atoms with van der Waals surface area (Å²) in [5.41, 5.74) is 1.23. The molecule has 7 nitrogen and oxygen atoms in total. The van der Waals surface area contributed by atoms with Gasteiger partial charge in [0.2, 0.25) is 0 Å². The van der Waals surface area contributed by atoms with E-state index in [0.29, 0.717) is 16.9 Å². The molecule has 124 valence electrons. The van der Waals surface area contributed by atoms with Crippen molar-refractivity contribution in [2.45, 2.75) is 0 Å². The van der Waals surface area contributed by atoms with Crippen LogP contribution in [0.15, 0.2) is 36.4 Å². The summed E-state index contributed by atoms with van der Waals surface area (Å²) in [5, 5.41) is 29.6. The minimum Gasteiger partial charge on any atom is -0.493 e. The first-order chi connectivity index (χ1) is 12.0. The number of hydrogen-bond acceptors (Lipinski definition) is 6. The van der Waals surface area contributed by atoms with Gasteiger partial charge in [-0.25, -0.2) is 0 Å². The number of rotatable bonds is 5. The first-order valence-electron chi connectivity index (χ1n) is 7.06. The minimum absolute atomic E-state index is 0.209. The average Bonchev–Trinajstić information content (AvgIpc) is 2.65. The number of hydrogen-bond donors (Lipinski definition) is 0. The summed E-state index contributed by atoms with van der Waals surface area (Å²) >= 11 is 0. The predicted molar refractivity (Wildman–Crippen MR) is 90.8 cm³/mol. The molecule has 0 saturated carbocycles. The zero-order chi connectivity index (χ0) is 18.4. The van der Waals surface area contributed by atoms with Crippen LogP contribution in [0.1, 0.15) is 16.7 Å². The molecule has 0 atom stereocenters. The molecule has 0 saturated heterocycles. The second-order valence-electron chi connectivity index (χ2n) is 4.88. The molecule has 0 amide bonds. The Bertz CT molecular complexity index is 919. The topological polar surface area (TPSA) is 109 Å². The van der Waals surface area contributed by atoms with Crippen molar-refractivity contribution in [3.05, 3.63) is 63.2 Å². The zero-order valence-electron chi connectivity index (χ0n) is 13.5. The van der Waals surface area contributed by atoms with E-state index in [2.05, 4.69) is 0 Å². The fraction of sp³-hybridized carbons (Fsp3) is 0.111. The lowest BCUT2D eigenvalue weighted by Gasteiger charge is -2.09. The number of ether oxygens (including phenoxy) is 2.